The van der Waals surface area contributed by atoms with Crippen molar-refractivity contribution in [3.8, 4) is 16.9 Å². The first-order valence-electron chi connectivity index (χ1n) is 6.60. The van der Waals surface area contributed by atoms with Gasteiger partial charge in [0.25, 0.3) is 0 Å². The number of rotatable bonds is 2. The highest BCUT2D eigenvalue weighted by Crippen LogP contribution is 2.24. The van der Waals surface area contributed by atoms with E-state index in [0.29, 0.717) is 4.77 Å². The van der Waals surface area contributed by atoms with Gasteiger partial charge in [0, 0.05) is 17.4 Å². The first-order chi connectivity index (χ1) is 9.65. The number of imidazole rings is 1. The highest BCUT2D eigenvalue weighted by molar-refractivity contribution is 7.71. The van der Waals surface area contributed by atoms with E-state index in [-0.39, 0.29) is 0 Å². The number of benzene rings is 2. The molecule has 0 saturated heterocycles. The van der Waals surface area contributed by atoms with Crippen LogP contribution in [0.15, 0.2) is 54.7 Å². The maximum atomic E-state index is 5.42. The smallest absolute Gasteiger partial charge is 0.182 e. The number of aryl methyl sites for hydroxylation is 2. The molecule has 0 aliphatic carbocycles. The van der Waals surface area contributed by atoms with E-state index >= 15 is 0 Å². The molecule has 1 N–H and O–H groups in total. The van der Waals surface area contributed by atoms with Crippen molar-refractivity contribution in [2.75, 3.05) is 0 Å². The lowest BCUT2D eigenvalue weighted by molar-refractivity contribution is 1.04. The molecule has 1 heterocycles. The van der Waals surface area contributed by atoms with Gasteiger partial charge in [-0.3, -0.25) is 4.57 Å². The van der Waals surface area contributed by atoms with Gasteiger partial charge in [-0.15, -0.1) is 0 Å². The van der Waals surface area contributed by atoms with Crippen LogP contribution >= 0.6 is 12.2 Å². The number of aromatic nitrogens is 2. The Morgan fingerprint density at radius 1 is 0.850 bits per heavy atom. The molecule has 0 spiro atoms. The minimum absolute atomic E-state index is 0.712. The van der Waals surface area contributed by atoms with Crippen LogP contribution in [0.2, 0.25) is 0 Å². The molecule has 0 atom stereocenters. The van der Waals surface area contributed by atoms with Crippen molar-refractivity contribution < 1.29 is 0 Å². The average Bonchev–Trinajstić information content (AvgIpc) is 2.83. The monoisotopic (exact) mass is 280 g/mol. The van der Waals surface area contributed by atoms with Crippen LogP contribution in [-0.4, -0.2) is 9.55 Å². The first-order valence-corrected chi connectivity index (χ1v) is 7.00. The normalized spacial score (nSPS) is 10.7. The standard InChI is InChI=1S/C17H16N2S/c1-12-3-7-14(8-4-12)16-11-18-17(20)19(16)15-9-5-13(2)6-10-15/h3-11H,1-2H3,(H,18,20). The Balaban J connectivity index is 2.17. The zero-order chi connectivity index (χ0) is 14.1. The number of nitrogens with one attached hydrogen (secondary N) is 1. The Morgan fingerprint density at radius 3 is 2.00 bits per heavy atom. The number of H-pyrrole nitrogens is 1. The third-order valence-electron chi connectivity index (χ3n) is 3.42. The van der Waals surface area contributed by atoms with E-state index in [0.717, 1.165) is 16.9 Å². The Hall–Kier alpha value is -2.13. The Bertz CT molecular complexity index is 777. The molecule has 100 valence electrons. The lowest BCUT2D eigenvalue weighted by atomic mass is 10.1. The van der Waals surface area contributed by atoms with E-state index in [1.165, 1.54) is 11.1 Å². The van der Waals surface area contributed by atoms with E-state index in [9.17, 15) is 0 Å². The largest absolute Gasteiger partial charge is 0.336 e. The highest BCUT2D eigenvalue weighted by Gasteiger charge is 2.08. The fourth-order valence-corrected chi connectivity index (χ4v) is 2.52. The molecule has 20 heavy (non-hydrogen) atoms. The van der Waals surface area contributed by atoms with Crippen molar-refractivity contribution in [2.24, 2.45) is 0 Å². The van der Waals surface area contributed by atoms with Gasteiger partial charge >= 0.3 is 0 Å². The minimum Gasteiger partial charge on any atom is -0.336 e. The molecule has 2 aromatic carbocycles. The minimum atomic E-state index is 0.712. The van der Waals surface area contributed by atoms with E-state index in [1.807, 2.05) is 6.20 Å². The number of nitrogens with zero attached hydrogens (tertiary/aromatic N) is 1. The molecular formula is C17H16N2S. The third-order valence-corrected chi connectivity index (χ3v) is 3.72. The van der Waals surface area contributed by atoms with Crippen LogP contribution in [-0.2, 0) is 0 Å². The fourth-order valence-electron chi connectivity index (χ4n) is 2.26. The molecule has 0 fully saturated rings. The molecule has 0 amide bonds. The van der Waals surface area contributed by atoms with Gasteiger partial charge in [0.05, 0.1) is 5.69 Å². The Morgan fingerprint density at radius 2 is 1.40 bits per heavy atom. The predicted molar refractivity (Wildman–Crippen MR) is 85.9 cm³/mol. The van der Waals surface area contributed by atoms with Crippen LogP contribution in [0.5, 0.6) is 0 Å². The number of hydrogen-bond donors (Lipinski definition) is 1. The van der Waals surface area contributed by atoms with E-state index in [4.69, 9.17) is 12.2 Å². The fraction of sp³-hybridized carbons (Fsp3) is 0.118. The van der Waals surface area contributed by atoms with E-state index in [2.05, 4.69) is 71.9 Å². The zero-order valence-electron chi connectivity index (χ0n) is 11.6. The van der Waals surface area contributed by atoms with E-state index in [1.54, 1.807) is 0 Å². The second-order valence-corrected chi connectivity index (χ2v) is 5.40. The summed E-state index contributed by atoms with van der Waals surface area (Å²) in [4.78, 5) is 3.14. The molecule has 2 nitrogen and oxygen atoms in total. The summed E-state index contributed by atoms with van der Waals surface area (Å²) in [6.07, 6.45) is 1.97. The topological polar surface area (TPSA) is 20.7 Å². The molecule has 0 unspecified atom stereocenters. The Kier molecular flexibility index (Phi) is 3.28. The van der Waals surface area contributed by atoms with Gasteiger partial charge < -0.3 is 4.98 Å². The van der Waals surface area contributed by atoms with Crippen LogP contribution in [0.4, 0.5) is 0 Å². The quantitative estimate of drug-likeness (QED) is 0.667. The van der Waals surface area contributed by atoms with Gasteiger partial charge in [0.2, 0.25) is 0 Å². The predicted octanol–water partition coefficient (Wildman–Crippen LogP) is 4.82. The summed E-state index contributed by atoms with van der Waals surface area (Å²) in [5.74, 6) is 0. The van der Waals surface area contributed by atoms with Crippen molar-refractivity contribution in [2.45, 2.75) is 13.8 Å². The second kappa shape index (κ2) is 5.10. The SMILES string of the molecule is Cc1ccc(-c2c[nH]c(=S)n2-c2ccc(C)cc2)cc1. The van der Waals surface area contributed by atoms with Crippen molar-refractivity contribution >= 4 is 12.2 Å². The molecule has 3 aromatic rings. The summed E-state index contributed by atoms with van der Waals surface area (Å²) < 4.78 is 2.78. The second-order valence-electron chi connectivity index (χ2n) is 5.02. The molecule has 0 aliphatic heterocycles. The molecule has 0 radical (unpaired) electrons. The summed E-state index contributed by atoms with van der Waals surface area (Å²) in [6, 6.07) is 16.9. The van der Waals surface area contributed by atoms with Crippen LogP contribution in [0.25, 0.3) is 16.9 Å². The molecule has 0 saturated carbocycles. The van der Waals surface area contributed by atoms with Gasteiger partial charge in [0.15, 0.2) is 4.77 Å². The maximum Gasteiger partial charge on any atom is 0.182 e. The van der Waals surface area contributed by atoms with Crippen LogP contribution in [0.3, 0.4) is 0 Å². The molecule has 0 aliphatic rings. The summed E-state index contributed by atoms with van der Waals surface area (Å²) in [6.45, 7) is 4.18. The van der Waals surface area contributed by atoms with Gasteiger partial charge in [-0.1, -0.05) is 47.5 Å². The Labute approximate surface area is 123 Å². The number of aromatic amines is 1. The maximum absolute atomic E-state index is 5.42. The van der Waals surface area contributed by atoms with Crippen molar-refractivity contribution in [3.05, 3.63) is 70.6 Å². The lowest BCUT2D eigenvalue weighted by Crippen LogP contribution is -1.96. The summed E-state index contributed by atoms with van der Waals surface area (Å²) in [7, 11) is 0. The molecule has 3 rings (SSSR count). The number of hydrogen-bond acceptors (Lipinski definition) is 1. The average molecular weight is 280 g/mol. The van der Waals surface area contributed by atoms with Gasteiger partial charge in [-0.2, -0.15) is 0 Å². The van der Waals surface area contributed by atoms with E-state index < -0.39 is 0 Å². The summed E-state index contributed by atoms with van der Waals surface area (Å²) >= 11 is 5.42. The third kappa shape index (κ3) is 2.32. The van der Waals surface area contributed by atoms with Crippen LogP contribution < -0.4 is 0 Å². The zero-order valence-corrected chi connectivity index (χ0v) is 12.4. The summed E-state index contributed by atoms with van der Waals surface area (Å²) in [5, 5.41) is 0. The first kappa shape index (κ1) is 12.9. The van der Waals surface area contributed by atoms with Gasteiger partial charge in [-0.25, -0.2) is 0 Å². The summed E-state index contributed by atoms with van der Waals surface area (Å²) in [5.41, 5.74) is 5.82. The highest BCUT2D eigenvalue weighted by atomic mass is 32.1. The van der Waals surface area contributed by atoms with Gasteiger partial charge in [0.1, 0.15) is 0 Å². The lowest BCUT2D eigenvalue weighted by Gasteiger charge is -2.09. The molecule has 3 heteroatoms. The van der Waals surface area contributed by atoms with Crippen molar-refractivity contribution in [1.82, 2.24) is 9.55 Å². The van der Waals surface area contributed by atoms with Crippen LogP contribution in [0, 0.1) is 18.6 Å². The molecular weight excluding hydrogens is 264 g/mol. The van der Waals surface area contributed by atoms with Crippen molar-refractivity contribution in [3.63, 3.8) is 0 Å². The van der Waals surface area contributed by atoms with Crippen LogP contribution in [0.1, 0.15) is 11.1 Å². The molecule has 1 aromatic heterocycles. The molecule has 0 bridgehead atoms. The van der Waals surface area contributed by atoms with Gasteiger partial charge in [-0.05, 0) is 38.2 Å². The van der Waals surface area contributed by atoms with Crippen molar-refractivity contribution in [1.29, 1.82) is 0 Å².